The highest BCUT2D eigenvalue weighted by molar-refractivity contribution is 5.79. The van der Waals surface area contributed by atoms with E-state index in [4.69, 9.17) is 9.47 Å². The van der Waals surface area contributed by atoms with Gasteiger partial charge in [-0.3, -0.25) is 4.79 Å². The summed E-state index contributed by atoms with van der Waals surface area (Å²) in [6.45, 7) is 2.38. The van der Waals surface area contributed by atoms with Crippen LogP contribution in [0.2, 0.25) is 0 Å². The lowest BCUT2D eigenvalue weighted by atomic mass is 9.98. The molecule has 1 aliphatic heterocycles. The van der Waals surface area contributed by atoms with Crippen LogP contribution in [0.4, 0.5) is 0 Å². The van der Waals surface area contributed by atoms with Crippen LogP contribution >= 0.6 is 0 Å². The molecule has 1 aromatic carbocycles. The minimum Gasteiger partial charge on any atom is -0.493 e. The van der Waals surface area contributed by atoms with Crippen molar-refractivity contribution < 1.29 is 14.3 Å². The standard InChI is InChI=1S/C16H24N2O3/c1-18(16(19)13-5-4-8-17-10-13)11-12-6-7-14(20-2)15(9-12)21-3/h6-7,9,13,17H,4-5,8,10-11H2,1-3H3/t13-/m1/s1. The molecule has 1 aliphatic rings. The summed E-state index contributed by atoms with van der Waals surface area (Å²) < 4.78 is 10.5. The zero-order chi connectivity index (χ0) is 15.2. The molecule has 0 saturated carbocycles. The van der Waals surface area contributed by atoms with Crippen molar-refractivity contribution >= 4 is 5.91 Å². The van der Waals surface area contributed by atoms with Crippen LogP contribution in [0.25, 0.3) is 0 Å². The second kappa shape index (κ2) is 7.31. The van der Waals surface area contributed by atoms with Gasteiger partial charge in [-0.05, 0) is 37.1 Å². The minimum atomic E-state index is 0.101. The number of hydrogen-bond donors (Lipinski definition) is 1. The van der Waals surface area contributed by atoms with Crippen LogP contribution in [0.15, 0.2) is 18.2 Å². The maximum absolute atomic E-state index is 12.4. The molecule has 1 atom stereocenters. The molecule has 21 heavy (non-hydrogen) atoms. The second-order valence-electron chi connectivity index (χ2n) is 5.43. The first-order valence-electron chi connectivity index (χ1n) is 7.32. The molecule has 1 fully saturated rings. The molecule has 1 aromatic rings. The first kappa shape index (κ1) is 15.6. The largest absolute Gasteiger partial charge is 0.493 e. The van der Waals surface area contributed by atoms with E-state index in [1.165, 1.54) is 0 Å². The summed E-state index contributed by atoms with van der Waals surface area (Å²) in [6, 6.07) is 5.75. The lowest BCUT2D eigenvalue weighted by molar-refractivity contribution is -0.135. The van der Waals surface area contributed by atoms with Crippen molar-refractivity contribution in [3.05, 3.63) is 23.8 Å². The van der Waals surface area contributed by atoms with Crippen molar-refractivity contribution in [2.24, 2.45) is 5.92 Å². The molecule has 5 heteroatoms. The number of carbonyl (C=O) groups is 1. The number of benzene rings is 1. The number of amides is 1. The SMILES string of the molecule is COc1ccc(CN(C)C(=O)[C@@H]2CCCNC2)cc1OC. The topological polar surface area (TPSA) is 50.8 Å². The quantitative estimate of drug-likeness (QED) is 0.897. The van der Waals surface area contributed by atoms with Gasteiger partial charge in [-0.15, -0.1) is 0 Å². The smallest absolute Gasteiger partial charge is 0.227 e. The molecular weight excluding hydrogens is 268 g/mol. The highest BCUT2D eigenvalue weighted by Crippen LogP contribution is 2.28. The fourth-order valence-electron chi connectivity index (χ4n) is 2.71. The van der Waals surface area contributed by atoms with Crippen molar-refractivity contribution in [3.63, 3.8) is 0 Å². The van der Waals surface area contributed by atoms with Gasteiger partial charge in [0.2, 0.25) is 5.91 Å². The Morgan fingerprint density at radius 1 is 1.33 bits per heavy atom. The van der Waals surface area contributed by atoms with Crippen molar-refractivity contribution in [2.45, 2.75) is 19.4 Å². The minimum absolute atomic E-state index is 0.101. The first-order chi connectivity index (χ1) is 10.2. The average molecular weight is 292 g/mol. The van der Waals surface area contributed by atoms with Crippen LogP contribution in [-0.2, 0) is 11.3 Å². The monoisotopic (exact) mass is 292 g/mol. The Morgan fingerprint density at radius 2 is 2.10 bits per heavy atom. The van der Waals surface area contributed by atoms with E-state index < -0.39 is 0 Å². The number of ether oxygens (including phenoxy) is 2. The van der Waals surface area contributed by atoms with Crippen LogP contribution in [0.5, 0.6) is 11.5 Å². The van der Waals surface area contributed by atoms with Crippen molar-refractivity contribution in [2.75, 3.05) is 34.4 Å². The summed E-state index contributed by atoms with van der Waals surface area (Å²) in [4.78, 5) is 14.2. The van der Waals surface area contributed by atoms with Gasteiger partial charge >= 0.3 is 0 Å². The van der Waals surface area contributed by atoms with Crippen LogP contribution < -0.4 is 14.8 Å². The van der Waals surface area contributed by atoms with Gasteiger partial charge < -0.3 is 19.7 Å². The molecule has 0 bridgehead atoms. The van der Waals surface area contributed by atoms with Crippen LogP contribution in [0.1, 0.15) is 18.4 Å². The van der Waals surface area contributed by atoms with Gasteiger partial charge in [0.25, 0.3) is 0 Å². The van der Waals surface area contributed by atoms with Crippen LogP contribution in [-0.4, -0.2) is 45.2 Å². The molecule has 1 heterocycles. The predicted molar refractivity (Wildman–Crippen MR) is 81.6 cm³/mol. The maximum Gasteiger partial charge on any atom is 0.227 e. The third kappa shape index (κ3) is 3.88. The lowest BCUT2D eigenvalue weighted by Crippen LogP contribution is -2.41. The Kier molecular flexibility index (Phi) is 5.44. The molecule has 0 spiro atoms. The molecule has 0 unspecified atom stereocenters. The first-order valence-corrected chi connectivity index (χ1v) is 7.32. The molecule has 1 saturated heterocycles. The third-order valence-electron chi connectivity index (χ3n) is 3.89. The third-order valence-corrected chi connectivity index (χ3v) is 3.89. The number of methoxy groups -OCH3 is 2. The number of piperidine rings is 1. The van der Waals surface area contributed by atoms with E-state index >= 15 is 0 Å². The number of rotatable bonds is 5. The molecule has 2 rings (SSSR count). The van der Waals surface area contributed by atoms with E-state index in [1.807, 2.05) is 25.2 Å². The van der Waals surface area contributed by atoms with Gasteiger partial charge in [0.15, 0.2) is 11.5 Å². The van der Waals surface area contributed by atoms with E-state index in [0.29, 0.717) is 18.0 Å². The summed E-state index contributed by atoms with van der Waals surface area (Å²) in [5.41, 5.74) is 1.03. The van der Waals surface area contributed by atoms with Crippen molar-refractivity contribution in [1.82, 2.24) is 10.2 Å². The molecule has 5 nitrogen and oxygen atoms in total. The van der Waals surface area contributed by atoms with E-state index in [9.17, 15) is 4.79 Å². The zero-order valence-corrected chi connectivity index (χ0v) is 13.0. The van der Waals surface area contributed by atoms with Crippen LogP contribution in [0.3, 0.4) is 0 Å². The summed E-state index contributed by atoms with van der Waals surface area (Å²) in [6.07, 6.45) is 2.04. The van der Waals surface area contributed by atoms with E-state index in [0.717, 1.165) is 31.5 Å². The molecule has 1 amide bonds. The fourth-order valence-corrected chi connectivity index (χ4v) is 2.71. The van der Waals surface area contributed by atoms with Crippen molar-refractivity contribution in [1.29, 1.82) is 0 Å². The molecule has 0 aromatic heterocycles. The molecular formula is C16H24N2O3. The van der Waals surface area contributed by atoms with Crippen molar-refractivity contribution in [3.8, 4) is 11.5 Å². The number of hydrogen-bond acceptors (Lipinski definition) is 4. The van der Waals surface area contributed by atoms with E-state index in [2.05, 4.69) is 5.32 Å². The Balaban J connectivity index is 2.01. The average Bonchev–Trinajstić information content (AvgIpc) is 2.54. The number of nitrogens with one attached hydrogen (secondary N) is 1. The number of carbonyl (C=O) groups excluding carboxylic acids is 1. The second-order valence-corrected chi connectivity index (χ2v) is 5.43. The zero-order valence-electron chi connectivity index (χ0n) is 13.0. The Bertz CT molecular complexity index is 484. The fraction of sp³-hybridized carbons (Fsp3) is 0.562. The van der Waals surface area contributed by atoms with Crippen LogP contribution in [0, 0.1) is 5.92 Å². The maximum atomic E-state index is 12.4. The molecule has 0 aliphatic carbocycles. The highest BCUT2D eigenvalue weighted by Gasteiger charge is 2.24. The Labute approximate surface area is 126 Å². The van der Waals surface area contributed by atoms with E-state index in [1.54, 1.807) is 19.1 Å². The molecule has 1 N–H and O–H groups in total. The normalized spacial score (nSPS) is 18.1. The summed E-state index contributed by atoms with van der Waals surface area (Å²) in [5, 5.41) is 3.28. The highest BCUT2D eigenvalue weighted by atomic mass is 16.5. The van der Waals surface area contributed by atoms with E-state index in [-0.39, 0.29) is 11.8 Å². The van der Waals surface area contributed by atoms with Gasteiger partial charge in [-0.25, -0.2) is 0 Å². The van der Waals surface area contributed by atoms with Gasteiger partial charge in [-0.2, -0.15) is 0 Å². The van der Waals surface area contributed by atoms with Gasteiger partial charge in [0.1, 0.15) is 0 Å². The predicted octanol–water partition coefficient (Wildman–Crippen LogP) is 1.66. The van der Waals surface area contributed by atoms with Gasteiger partial charge in [0.05, 0.1) is 20.1 Å². The summed E-state index contributed by atoms with van der Waals surface area (Å²) in [7, 11) is 5.08. The van der Waals surface area contributed by atoms with Gasteiger partial charge in [0, 0.05) is 20.1 Å². The summed E-state index contributed by atoms with van der Waals surface area (Å²) >= 11 is 0. The Morgan fingerprint density at radius 3 is 2.71 bits per heavy atom. The summed E-state index contributed by atoms with van der Waals surface area (Å²) in [5.74, 6) is 1.70. The Hall–Kier alpha value is -1.75. The molecule has 0 radical (unpaired) electrons. The number of nitrogens with zero attached hydrogens (tertiary/aromatic N) is 1. The lowest BCUT2D eigenvalue weighted by Gasteiger charge is -2.27. The van der Waals surface area contributed by atoms with Gasteiger partial charge in [-0.1, -0.05) is 6.07 Å². The molecule has 116 valence electrons.